The third-order valence-corrected chi connectivity index (χ3v) is 4.08. The molecule has 0 atom stereocenters. The molecular weight excluding hydrogens is 255 g/mol. The predicted molar refractivity (Wildman–Crippen MR) is 66.9 cm³/mol. The van der Waals surface area contributed by atoms with E-state index in [0.717, 1.165) is 31.5 Å². The Kier molecular flexibility index (Phi) is 3.99. The minimum atomic E-state index is -3.99. The van der Waals surface area contributed by atoms with Crippen LogP contribution < -0.4 is 5.14 Å². The molecule has 18 heavy (non-hydrogen) atoms. The lowest BCUT2D eigenvalue weighted by Crippen LogP contribution is -2.29. The van der Waals surface area contributed by atoms with Gasteiger partial charge in [0.2, 0.25) is 10.0 Å². The number of rotatable bonds is 3. The summed E-state index contributed by atoms with van der Waals surface area (Å²) in [6, 6.07) is 4.11. The summed E-state index contributed by atoms with van der Waals surface area (Å²) >= 11 is 0. The van der Waals surface area contributed by atoms with Crippen molar-refractivity contribution < 1.29 is 12.8 Å². The molecule has 0 spiro atoms. The Morgan fingerprint density at radius 2 is 1.89 bits per heavy atom. The Balaban J connectivity index is 2.19. The second kappa shape index (κ2) is 5.34. The van der Waals surface area contributed by atoms with Gasteiger partial charge >= 0.3 is 0 Å². The molecule has 0 radical (unpaired) electrons. The number of primary sulfonamides is 1. The number of halogens is 1. The fraction of sp³-hybridized carbons (Fsp3) is 0.500. The molecule has 0 saturated carbocycles. The maximum absolute atomic E-state index is 13.4. The normalized spacial score (nSPS) is 17.9. The van der Waals surface area contributed by atoms with Crippen molar-refractivity contribution in [1.82, 2.24) is 4.90 Å². The van der Waals surface area contributed by atoms with Crippen LogP contribution in [0, 0.1) is 5.82 Å². The van der Waals surface area contributed by atoms with Crippen LogP contribution in [0.5, 0.6) is 0 Å². The van der Waals surface area contributed by atoms with Crippen LogP contribution in [0.3, 0.4) is 0 Å². The van der Waals surface area contributed by atoms with Crippen LogP contribution in [0.15, 0.2) is 23.1 Å². The highest BCUT2D eigenvalue weighted by molar-refractivity contribution is 7.89. The van der Waals surface area contributed by atoms with Crippen LogP contribution in [0.4, 0.5) is 4.39 Å². The third-order valence-electron chi connectivity index (χ3n) is 3.16. The van der Waals surface area contributed by atoms with E-state index in [1.54, 1.807) is 6.07 Å². The molecule has 1 aliphatic heterocycles. The van der Waals surface area contributed by atoms with Gasteiger partial charge in [-0.15, -0.1) is 0 Å². The molecule has 6 heteroatoms. The summed E-state index contributed by atoms with van der Waals surface area (Å²) in [6.07, 6.45) is 3.55. The first-order valence-corrected chi connectivity index (χ1v) is 7.55. The number of benzene rings is 1. The average molecular weight is 272 g/mol. The number of nitrogens with zero attached hydrogens (tertiary/aromatic N) is 1. The van der Waals surface area contributed by atoms with Crippen LogP contribution in [0.25, 0.3) is 0 Å². The maximum Gasteiger partial charge on any atom is 0.240 e. The first-order chi connectivity index (χ1) is 8.47. The van der Waals surface area contributed by atoms with Crippen molar-refractivity contribution in [3.8, 4) is 0 Å². The molecule has 100 valence electrons. The van der Waals surface area contributed by atoms with Crippen LogP contribution >= 0.6 is 0 Å². The zero-order valence-corrected chi connectivity index (χ0v) is 10.9. The standard InChI is InChI=1S/C12H17FN2O2S/c13-11-5-4-10(8-12(11)18(14,16)17)9-15-6-2-1-3-7-15/h4-5,8H,1-3,6-7,9H2,(H2,14,16,17). The quantitative estimate of drug-likeness (QED) is 0.906. The molecule has 2 N–H and O–H groups in total. The van der Waals surface area contributed by atoms with Crippen molar-refractivity contribution in [2.24, 2.45) is 5.14 Å². The molecule has 0 bridgehead atoms. The van der Waals surface area contributed by atoms with Crippen molar-refractivity contribution >= 4 is 10.0 Å². The van der Waals surface area contributed by atoms with Gasteiger partial charge in [-0.25, -0.2) is 17.9 Å². The molecule has 1 saturated heterocycles. The summed E-state index contributed by atoms with van der Waals surface area (Å²) in [7, 11) is -3.99. The van der Waals surface area contributed by atoms with E-state index in [1.165, 1.54) is 18.6 Å². The van der Waals surface area contributed by atoms with Gasteiger partial charge in [-0.05, 0) is 43.6 Å². The molecule has 1 aromatic rings. The van der Waals surface area contributed by atoms with Gasteiger partial charge < -0.3 is 0 Å². The highest BCUT2D eigenvalue weighted by Gasteiger charge is 2.16. The number of piperidine rings is 1. The van der Waals surface area contributed by atoms with Gasteiger partial charge in [0.05, 0.1) is 0 Å². The monoisotopic (exact) mass is 272 g/mol. The first kappa shape index (κ1) is 13.5. The molecule has 0 aliphatic carbocycles. The molecule has 4 nitrogen and oxygen atoms in total. The Labute approximate surface area is 107 Å². The third kappa shape index (κ3) is 3.28. The smallest absolute Gasteiger partial charge is 0.240 e. The van der Waals surface area contributed by atoms with Gasteiger partial charge in [0.15, 0.2) is 0 Å². The Morgan fingerprint density at radius 3 is 2.50 bits per heavy atom. The van der Waals surface area contributed by atoms with E-state index in [-0.39, 0.29) is 0 Å². The number of hydrogen-bond donors (Lipinski definition) is 1. The van der Waals surface area contributed by atoms with Gasteiger partial charge in [-0.1, -0.05) is 12.5 Å². The van der Waals surface area contributed by atoms with E-state index >= 15 is 0 Å². The Hall–Kier alpha value is -0.980. The van der Waals surface area contributed by atoms with E-state index < -0.39 is 20.7 Å². The Bertz CT molecular complexity index is 525. The largest absolute Gasteiger partial charge is 0.299 e. The summed E-state index contributed by atoms with van der Waals surface area (Å²) in [5.41, 5.74) is 0.780. The average Bonchev–Trinajstić information content (AvgIpc) is 2.31. The van der Waals surface area contributed by atoms with Crippen molar-refractivity contribution in [3.63, 3.8) is 0 Å². The number of nitrogens with two attached hydrogens (primary N) is 1. The topological polar surface area (TPSA) is 63.4 Å². The molecule has 1 fully saturated rings. The van der Waals surface area contributed by atoms with Gasteiger partial charge in [0.1, 0.15) is 10.7 Å². The van der Waals surface area contributed by atoms with Gasteiger partial charge in [-0.3, -0.25) is 4.90 Å². The Morgan fingerprint density at radius 1 is 1.22 bits per heavy atom. The summed E-state index contributed by atoms with van der Waals surface area (Å²) in [5, 5.41) is 4.98. The highest BCUT2D eigenvalue weighted by Crippen LogP contribution is 2.18. The van der Waals surface area contributed by atoms with E-state index in [1.807, 2.05) is 0 Å². The minimum absolute atomic E-state index is 0.419. The molecule has 2 rings (SSSR count). The zero-order chi connectivity index (χ0) is 13.2. The van der Waals surface area contributed by atoms with Gasteiger partial charge in [0, 0.05) is 6.54 Å². The molecule has 0 amide bonds. The van der Waals surface area contributed by atoms with Crippen LogP contribution in [-0.4, -0.2) is 26.4 Å². The molecule has 1 heterocycles. The van der Waals surface area contributed by atoms with E-state index in [4.69, 9.17) is 5.14 Å². The van der Waals surface area contributed by atoms with E-state index in [0.29, 0.717) is 6.54 Å². The second-order valence-corrected chi connectivity index (χ2v) is 6.18. The van der Waals surface area contributed by atoms with Crippen LogP contribution in [-0.2, 0) is 16.6 Å². The second-order valence-electron chi connectivity index (χ2n) is 4.65. The highest BCUT2D eigenvalue weighted by atomic mass is 32.2. The van der Waals surface area contributed by atoms with Crippen molar-refractivity contribution in [3.05, 3.63) is 29.6 Å². The first-order valence-electron chi connectivity index (χ1n) is 6.00. The fourth-order valence-electron chi connectivity index (χ4n) is 2.24. The molecule has 1 aromatic carbocycles. The molecular formula is C12H17FN2O2S. The van der Waals surface area contributed by atoms with Crippen LogP contribution in [0.1, 0.15) is 24.8 Å². The summed E-state index contributed by atoms with van der Waals surface area (Å²) in [6.45, 7) is 2.65. The van der Waals surface area contributed by atoms with E-state index in [9.17, 15) is 12.8 Å². The van der Waals surface area contributed by atoms with Gasteiger partial charge in [-0.2, -0.15) is 0 Å². The van der Waals surface area contributed by atoms with E-state index in [2.05, 4.69) is 4.90 Å². The van der Waals surface area contributed by atoms with Crippen molar-refractivity contribution in [2.75, 3.05) is 13.1 Å². The maximum atomic E-state index is 13.4. The fourth-order valence-corrected chi connectivity index (χ4v) is 2.90. The lowest BCUT2D eigenvalue weighted by atomic mass is 10.1. The zero-order valence-electron chi connectivity index (χ0n) is 10.1. The molecule has 0 unspecified atom stereocenters. The summed E-state index contributed by atoms with van der Waals surface area (Å²) in [4.78, 5) is 1.82. The number of sulfonamides is 1. The molecule has 0 aromatic heterocycles. The molecule has 1 aliphatic rings. The SMILES string of the molecule is NS(=O)(=O)c1cc(CN2CCCCC2)ccc1F. The lowest BCUT2D eigenvalue weighted by molar-refractivity contribution is 0.220. The van der Waals surface area contributed by atoms with Crippen molar-refractivity contribution in [2.45, 2.75) is 30.7 Å². The number of hydrogen-bond acceptors (Lipinski definition) is 3. The lowest BCUT2D eigenvalue weighted by Gasteiger charge is -2.26. The number of likely N-dealkylation sites (tertiary alicyclic amines) is 1. The van der Waals surface area contributed by atoms with Crippen molar-refractivity contribution in [1.29, 1.82) is 0 Å². The van der Waals surface area contributed by atoms with Gasteiger partial charge in [0.25, 0.3) is 0 Å². The van der Waals surface area contributed by atoms with Crippen LogP contribution in [0.2, 0.25) is 0 Å². The predicted octanol–water partition coefficient (Wildman–Crippen LogP) is 1.46. The minimum Gasteiger partial charge on any atom is -0.299 e. The summed E-state index contributed by atoms with van der Waals surface area (Å²) in [5.74, 6) is -0.792. The summed E-state index contributed by atoms with van der Waals surface area (Å²) < 4.78 is 35.8.